The van der Waals surface area contributed by atoms with E-state index >= 15 is 0 Å². The van der Waals surface area contributed by atoms with E-state index in [4.69, 9.17) is 4.74 Å². The summed E-state index contributed by atoms with van der Waals surface area (Å²) in [6, 6.07) is 0.729. The van der Waals surface area contributed by atoms with Crippen molar-refractivity contribution >= 4 is 0 Å². The molecule has 18 heavy (non-hydrogen) atoms. The van der Waals surface area contributed by atoms with E-state index in [1.165, 1.54) is 38.6 Å². The van der Waals surface area contributed by atoms with Gasteiger partial charge in [-0.15, -0.1) is 0 Å². The molecule has 2 nitrogen and oxygen atoms in total. The summed E-state index contributed by atoms with van der Waals surface area (Å²) in [5.74, 6) is 3.13. The van der Waals surface area contributed by atoms with Crippen molar-refractivity contribution in [2.24, 2.45) is 17.8 Å². The van der Waals surface area contributed by atoms with Crippen molar-refractivity contribution in [1.29, 1.82) is 0 Å². The first kappa shape index (κ1) is 14.3. The summed E-state index contributed by atoms with van der Waals surface area (Å²) >= 11 is 0. The van der Waals surface area contributed by atoms with Crippen molar-refractivity contribution in [1.82, 2.24) is 5.32 Å². The Balaban J connectivity index is 1.80. The Kier molecular flexibility index (Phi) is 4.71. The van der Waals surface area contributed by atoms with Crippen LogP contribution in [-0.4, -0.2) is 25.3 Å². The lowest BCUT2D eigenvalue weighted by molar-refractivity contribution is 0.0101. The van der Waals surface area contributed by atoms with Gasteiger partial charge in [-0.1, -0.05) is 6.92 Å². The van der Waals surface area contributed by atoms with Crippen LogP contribution in [0.1, 0.15) is 59.3 Å². The molecule has 0 aliphatic heterocycles. The maximum absolute atomic E-state index is 5.56. The molecule has 0 saturated heterocycles. The second kappa shape index (κ2) is 5.92. The van der Waals surface area contributed by atoms with Crippen molar-refractivity contribution in [3.63, 3.8) is 0 Å². The average molecular weight is 253 g/mol. The highest BCUT2D eigenvalue weighted by atomic mass is 16.5. The number of nitrogens with one attached hydrogen (secondary N) is 1. The minimum atomic E-state index is 0.0354. The molecule has 2 fully saturated rings. The lowest BCUT2D eigenvalue weighted by Gasteiger charge is -2.30. The van der Waals surface area contributed by atoms with Crippen LogP contribution in [0.2, 0.25) is 0 Å². The monoisotopic (exact) mass is 253 g/mol. The Morgan fingerprint density at radius 2 is 1.89 bits per heavy atom. The van der Waals surface area contributed by atoms with E-state index in [1.54, 1.807) is 0 Å². The molecule has 2 aliphatic rings. The summed E-state index contributed by atoms with van der Waals surface area (Å²) in [4.78, 5) is 0. The molecule has 0 spiro atoms. The molecular weight excluding hydrogens is 222 g/mol. The molecular formula is C16H31NO. The minimum absolute atomic E-state index is 0.0354. The smallest absolute Gasteiger partial charge is 0.0623 e. The zero-order chi connectivity index (χ0) is 13.2. The first-order valence-corrected chi connectivity index (χ1v) is 7.84. The van der Waals surface area contributed by atoms with E-state index in [9.17, 15) is 0 Å². The van der Waals surface area contributed by atoms with E-state index in [1.807, 2.05) is 7.11 Å². The van der Waals surface area contributed by atoms with E-state index < -0.39 is 0 Å². The van der Waals surface area contributed by atoms with Crippen LogP contribution < -0.4 is 5.32 Å². The third-order valence-corrected chi connectivity index (χ3v) is 5.12. The molecule has 0 heterocycles. The van der Waals surface area contributed by atoms with Crippen LogP contribution in [0.25, 0.3) is 0 Å². The van der Waals surface area contributed by atoms with Gasteiger partial charge in [-0.25, -0.2) is 0 Å². The number of hydrogen-bond acceptors (Lipinski definition) is 2. The van der Waals surface area contributed by atoms with E-state index in [2.05, 4.69) is 26.1 Å². The Morgan fingerprint density at radius 3 is 2.44 bits per heavy atom. The van der Waals surface area contributed by atoms with Gasteiger partial charge < -0.3 is 10.1 Å². The maximum atomic E-state index is 5.56. The number of ether oxygens (including phenoxy) is 1. The van der Waals surface area contributed by atoms with Crippen LogP contribution in [0.4, 0.5) is 0 Å². The summed E-state index contributed by atoms with van der Waals surface area (Å²) in [5.41, 5.74) is 0.0354. The molecule has 0 amide bonds. The third kappa shape index (κ3) is 3.71. The molecule has 3 unspecified atom stereocenters. The second-order valence-corrected chi connectivity index (χ2v) is 7.05. The first-order valence-electron chi connectivity index (χ1n) is 7.84. The first-order chi connectivity index (χ1) is 8.55. The van der Waals surface area contributed by atoms with Crippen LogP contribution in [0.3, 0.4) is 0 Å². The summed E-state index contributed by atoms with van der Waals surface area (Å²) in [6.07, 6.45) is 8.17. The van der Waals surface area contributed by atoms with Crippen LogP contribution >= 0.6 is 0 Å². The van der Waals surface area contributed by atoms with Crippen LogP contribution in [0, 0.1) is 17.8 Å². The molecule has 0 radical (unpaired) electrons. The molecule has 2 aliphatic carbocycles. The minimum Gasteiger partial charge on any atom is -0.379 e. The van der Waals surface area contributed by atoms with Gasteiger partial charge in [-0.05, 0) is 76.7 Å². The fourth-order valence-corrected chi connectivity index (χ4v) is 3.53. The maximum Gasteiger partial charge on any atom is 0.0623 e. The van der Waals surface area contributed by atoms with Crippen LogP contribution in [-0.2, 0) is 4.74 Å². The quantitative estimate of drug-likeness (QED) is 0.713. The van der Waals surface area contributed by atoms with Gasteiger partial charge in [0.1, 0.15) is 0 Å². The molecule has 106 valence electrons. The van der Waals surface area contributed by atoms with E-state index in [-0.39, 0.29) is 5.60 Å². The van der Waals surface area contributed by atoms with Gasteiger partial charge in [-0.2, -0.15) is 0 Å². The molecule has 0 aromatic carbocycles. The largest absolute Gasteiger partial charge is 0.379 e. The van der Waals surface area contributed by atoms with E-state index in [0.717, 1.165) is 30.2 Å². The Labute approximate surface area is 113 Å². The molecule has 2 rings (SSSR count). The highest BCUT2D eigenvalue weighted by Gasteiger charge is 2.47. The van der Waals surface area contributed by atoms with Crippen LogP contribution in [0.5, 0.6) is 0 Å². The summed E-state index contributed by atoms with van der Waals surface area (Å²) in [7, 11) is 1.83. The van der Waals surface area contributed by atoms with Crippen molar-refractivity contribution in [2.45, 2.75) is 70.9 Å². The molecule has 3 atom stereocenters. The number of methoxy groups -OCH3 is 1. The Bertz CT molecular complexity index is 254. The zero-order valence-corrected chi connectivity index (χ0v) is 12.7. The van der Waals surface area contributed by atoms with Crippen molar-refractivity contribution < 1.29 is 4.74 Å². The van der Waals surface area contributed by atoms with Gasteiger partial charge in [0.25, 0.3) is 0 Å². The lowest BCUT2D eigenvalue weighted by atomic mass is 9.88. The summed E-state index contributed by atoms with van der Waals surface area (Å²) in [6.45, 7) is 7.84. The van der Waals surface area contributed by atoms with Gasteiger partial charge in [0.05, 0.1) is 5.60 Å². The Hall–Kier alpha value is -0.0800. The summed E-state index contributed by atoms with van der Waals surface area (Å²) < 4.78 is 5.56. The predicted molar refractivity (Wildman–Crippen MR) is 76.7 cm³/mol. The topological polar surface area (TPSA) is 21.3 Å². The van der Waals surface area contributed by atoms with Gasteiger partial charge in [-0.3, -0.25) is 0 Å². The van der Waals surface area contributed by atoms with Gasteiger partial charge in [0.15, 0.2) is 0 Å². The third-order valence-electron chi connectivity index (χ3n) is 5.12. The molecule has 0 bridgehead atoms. The normalized spacial score (nSPS) is 32.3. The number of rotatable bonds is 8. The fraction of sp³-hybridized carbons (Fsp3) is 1.00. The van der Waals surface area contributed by atoms with Crippen LogP contribution in [0.15, 0.2) is 0 Å². The average Bonchev–Trinajstić information content (AvgIpc) is 2.96. The SMILES string of the molecule is CCCNC(CCC(C)(C)OC)C1CC2CC2C1. The molecule has 2 heteroatoms. The standard InChI is InChI=1S/C16H31NO/c1-5-8-17-15(6-7-16(2,3)18-4)14-10-12-9-13(12)11-14/h12-15,17H,5-11H2,1-4H3. The van der Waals surface area contributed by atoms with Gasteiger partial charge in [0, 0.05) is 13.2 Å². The highest BCUT2D eigenvalue weighted by Crippen LogP contribution is 2.55. The summed E-state index contributed by atoms with van der Waals surface area (Å²) in [5, 5.41) is 3.79. The van der Waals surface area contributed by atoms with E-state index in [0.29, 0.717) is 0 Å². The molecule has 0 aromatic rings. The lowest BCUT2D eigenvalue weighted by Crippen LogP contribution is -2.38. The van der Waals surface area contributed by atoms with Gasteiger partial charge in [0.2, 0.25) is 0 Å². The number of fused-ring (bicyclic) bond motifs is 1. The predicted octanol–water partition coefficient (Wildman–Crippen LogP) is 3.61. The fourth-order valence-electron chi connectivity index (χ4n) is 3.53. The van der Waals surface area contributed by atoms with Crippen molar-refractivity contribution in [3.8, 4) is 0 Å². The number of hydrogen-bond donors (Lipinski definition) is 1. The van der Waals surface area contributed by atoms with Gasteiger partial charge >= 0.3 is 0 Å². The molecule has 0 aromatic heterocycles. The molecule has 2 saturated carbocycles. The molecule has 1 N–H and O–H groups in total. The van der Waals surface area contributed by atoms with Crippen molar-refractivity contribution in [2.75, 3.05) is 13.7 Å². The second-order valence-electron chi connectivity index (χ2n) is 7.05. The highest BCUT2D eigenvalue weighted by molar-refractivity contribution is 4.99. The Morgan fingerprint density at radius 1 is 1.22 bits per heavy atom. The zero-order valence-electron chi connectivity index (χ0n) is 12.7. The van der Waals surface area contributed by atoms with Crippen molar-refractivity contribution in [3.05, 3.63) is 0 Å².